The molecule has 0 unspecified atom stereocenters. The molecule has 2 aromatic rings. The van der Waals surface area contributed by atoms with Crippen LogP contribution in [0.4, 0.5) is 0 Å². The first-order valence-corrected chi connectivity index (χ1v) is 7.68. The van der Waals surface area contributed by atoms with Gasteiger partial charge in [0, 0.05) is 29.1 Å². The highest BCUT2D eigenvalue weighted by Gasteiger charge is 2.28. The van der Waals surface area contributed by atoms with E-state index in [1.54, 1.807) is 18.2 Å². The first-order chi connectivity index (χ1) is 11.0. The fraction of sp³-hybridized carbons (Fsp3) is 0.250. The number of hydrogen-bond donors (Lipinski definition) is 0. The Labute approximate surface area is 140 Å². The third-order valence-corrected chi connectivity index (χ3v) is 3.65. The number of fused-ring (bicyclic) bond motifs is 2. The lowest BCUT2D eigenvalue weighted by Gasteiger charge is -2.24. The molecule has 23 heavy (non-hydrogen) atoms. The van der Waals surface area contributed by atoms with Crippen LogP contribution in [0.15, 0.2) is 22.7 Å². The summed E-state index contributed by atoms with van der Waals surface area (Å²) in [4.78, 5) is 22.9. The highest BCUT2D eigenvalue weighted by molar-refractivity contribution is 9.10. The van der Waals surface area contributed by atoms with E-state index < -0.39 is 11.9 Å². The van der Waals surface area contributed by atoms with Crippen molar-refractivity contribution in [2.24, 2.45) is 0 Å². The van der Waals surface area contributed by atoms with Crippen molar-refractivity contribution in [2.45, 2.75) is 13.8 Å². The van der Waals surface area contributed by atoms with E-state index in [2.05, 4.69) is 15.9 Å². The van der Waals surface area contributed by atoms with Gasteiger partial charge in [0.05, 0.1) is 0 Å². The van der Waals surface area contributed by atoms with Gasteiger partial charge in [0.1, 0.15) is 13.2 Å². The quantitative estimate of drug-likeness (QED) is 0.588. The van der Waals surface area contributed by atoms with Gasteiger partial charge in [-0.1, -0.05) is 15.9 Å². The zero-order valence-electron chi connectivity index (χ0n) is 12.5. The molecule has 2 aromatic carbocycles. The summed E-state index contributed by atoms with van der Waals surface area (Å²) in [7, 11) is 0. The summed E-state index contributed by atoms with van der Waals surface area (Å²) >= 11 is 3.38. The van der Waals surface area contributed by atoms with Crippen LogP contribution in [0, 0.1) is 0 Å². The molecule has 0 fully saturated rings. The lowest BCUT2D eigenvalue weighted by molar-refractivity contribution is -0.133. The van der Waals surface area contributed by atoms with Crippen molar-refractivity contribution in [1.29, 1.82) is 0 Å². The van der Waals surface area contributed by atoms with E-state index >= 15 is 0 Å². The van der Waals surface area contributed by atoms with Crippen LogP contribution in [-0.4, -0.2) is 25.2 Å². The van der Waals surface area contributed by atoms with Gasteiger partial charge >= 0.3 is 11.9 Å². The second-order valence-corrected chi connectivity index (χ2v) is 5.81. The molecule has 7 heteroatoms. The number of halogens is 1. The van der Waals surface area contributed by atoms with Crippen LogP contribution in [0.3, 0.4) is 0 Å². The number of rotatable bonds is 2. The maximum Gasteiger partial charge on any atom is 0.308 e. The minimum atomic E-state index is -0.483. The van der Waals surface area contributed by atoms with E-state index in [4.69, 9.17) is 18.9 Å². The average Bonchev–Trinajstić information content (AvgIpc) is 2.49. The first-order valence-electron chi connectivity index (χ1n) is 6.89. The Balaban J connectivity index is 2.37. The molecule has 0 saturated carbocycles. The summed E-state index contributed by atoms with van der Waals surface area (Å²) in [6.45, 7) is 3.23. The SMILES string of the molecule is CC(=O)Oc1c2c(c(OC(C)=O)c3cc(Br)ccc13)OCCO2. The standard InChI is InChI=1S/C16H13BrO6/c1-8(18)22-13-11-4-3-10(17)7-12(11)14(23-9(2)19)16-15(13)20-5-6-21-16/h3-4,7H,5-6H2,1-2H3. The summed E-state index contributed by atoms with van der Waals surface area (Å²) in [6, 6.07) is 5.31. The van der Waals surface area contributed by atoms with E-state index in [1.165, 1.54) is 13.8 Å². The Kier molecular flexibility index (Phi) is 4.12. The van der Waals surface area contributed by atoms with Crippen molar-refractivity contribution >= 4 is 38.6 Å². The van der Waals surface area contributed by atoms with Gasteiger partial charge in [0.25, 0.3) is 0 Å². The lowest BCUT2D eigenvalue weighted by atomic mass is 10.1. The maximum absolute atomic E-state index is 11.5. The largest absolute Gasteiger partial charge is 0.483 e. The molecule has 0 atom stereocenters. The second-order valence-electron chi connectivity index (χ2n) is 4.89. The summed E-state index contributed by atoms with van der Waals surface area (Å²) in [5, 5.41) is 1.17. The predicted molar refractivity (Wildman–Crippen MR) is 85.3 cm³/mol. The minimum absolute atomic E-state index is 0.249. The molecular weight excluding hydrogens is 368 g/mol. The number of ether oxygens (including phenoxy) is 4. The first kappa shape index (κ1) is 15.6. The fourth-order valence-corrected chi connectivity index (χ4v) is 2.75. The van der Waals surface area contributed by atoms with Crippen molar-refractivity contribution in [3.05, 3.63) is 22.7 Å². The number of benzene rings is 2. The zero-order chi connectivity index (χ0) is 16.6. The smallest absolute Gasteiger partial charge is 0.308 e. The molecule has 0 saturated heterocycles. The van der Waals surface area contributed by atoms with Crippen LogP contribution < -0.4 is 18.9 Å². The molecule has 120 valence electrons. The molecule has 0 amide bonds. The minimum Gasteiger partial charge on any atom is -0.483 e. The van der Waals surface area contributed by atoms with Crippen molar-refractivity contribution in [1.82, 2.24) is 0 Å². The Morgan fingerprint density at radius 3 is 2.00 bits per heavy atom. The topological polar surface area (TPSA) is 71.1 Å². The van der Waals surface area contributed by atoms with E-state index in [1.807, 2.05) is 0 Å². The van der Waals surface area contributed by atoms with E-state index in [-0.39, 0.29) is 23.0 Å². The predicted octanol–water partition coefficient (Wildman–Crippen LogP) is 3.22. The highest BCUT2D eigenvalue weighted by atomic mass is 79.9. The molecule has 0 aromatic heterocycles. The van der Waals surface area contributed by atoms with Crippen LogP contribution in [0.2, 0.25) is 0 Å². The third kappa shape index (κ3) is 2.96. The van der Waals surface area contributed by atoms with Gasteiger partial charge in [-0.3, -0.25) is 9.59 Å². The normalized spacial score (nSPS) is 12.8. The summed E-state index contributed by atoms with van der Waals surface area (Å²) < 4.78 is 22.7. The van der Waals surface area contributed by atoms with Gasteiger partial charge in [-0.25, -0.2) is 0 Å². The van der Waals surface area contributed by atoms with Crippen LogP contribution in [-0.2, 0) is 9.59 Å². The van der Waals surface area contributed by atoms with Crippen LogP contribution >= 0.6 is 15.9 Å². The van der Waals surface area contributed by atoms with E-state index in [9.17, 15) is 9.59 Å². The number of carbonyl (C=O) groups is 2. The molecule has 0 radical (unpaired) electrons. The Morgan fingerprint density at radius 2 is 1.48 bits per heavy atom. The van der Waals surface area contributed by atoms with Gasteiger partial charge in [0.15, 0.2) is 11.5 Å². The summed E-state index contributed by atoms with van der Waals surface area (Å²) in [6.07, 6.45) is 0. The van der Waals surface area contributed by atoms with Crippen LogP contribution in [0.1, 0.15) is 13.8 Å². The number of esters is 2. The highest BCUT2D eigenvalue weighted by Crippen LogP contribution is 2.52. The third-order valence-electron chi connectivity index (χ3n) is 3.16. The molecule has 3 rings (SSSR count). The van der Waals surface area contributed by atoms with Gasteiger partial charge in [-0.2, -0.15) is 0 Å². The van der Waals surface area contributed by atoms with Gasteiger partial charge in [-0.15, -0.1) is 0 Å². The van der Waals surface area contributed by atoms with Gasteiger partial charge in [0.2, 0.25) is 11.5 Å². The van der Waals surface area contributed by atoms with Gasteiger partial charge < -0.3 is 18.9 Å². The van der Waals surface area contributed by atoms with Crippen LogP contribution in [0.5, 0.6) is 23.0 Å². The maximum atomic E-state index is 11.5. The van der Waals surface area contributed by atoms with Gasteiger partial charge in [-0.05, 0) is 18.2 Å². The molecule has 0 N–H and O–H groups in total. The number of carbonyl (C=O) groups excluding carboxylic acids is 2. The molecule has 0 aliphatic carbocycles. The lowest BCUT2D eigenvalue weighted by Crippen LogP contribution is -2.18. The molecule has 6 nitrogen and oxygen atoms in total. The Bertz CT molecular complexity index is 814. The monoisotopic (exact) mass is 380 g/mol. The molecule has 0 spiro atoms. The second kappa shape index (κ2) is 6.08. The van der Waals surface area contributed by atoms with Crippen LogP contribution in [0.25, 0.3) is 10.8 Å². The molecule has 1 aliphatic heterocycles. The fourth-order valence-electron chi connectivity index (χ4n) is 2.39. The van der Waals surface area contributed by atoms with E-state index in [0.717, 1.165) is 4.47 Å². The average molecular weight is 381 g/mol. The number of hydrogen-bond acceptors (Lipinski definition) is 6. The molecule has 0 bridgehead atoms. The zero-order valence-corrected chi connectivity index (χ0v) is 14.1. The molecule has 1 aliphatic rings. The van der Waals surface area contributed by atoms with E-state index in [0.29, 0.717) is 24.0 Å². The van der Waals surface area contributed by atoms with Crippen molar-refractivity contribution in [2.75, 3.05) is 13.2 Å². The Hall–Kier alpha value is -2.28. The van der Waals surface area contributed by atoms with Crippen molar-refractivity contribution in [3.63, 3.8) is 0 Å². The summed E-state index contributed by atoms with van der Waals surface area (Å²) in [5.74, 6) is 0.0598. The summed E-state index contributed by atoms with van der Waals surface area (Å²) in [5.41, 5.74) is 0. The molecular formula is C16H13BrO6. The Morgan fingerprint density at radius 1 is 0.957 bits per heavy atom. The molecule has 1 heterocycles. The van der Waals surface area contributed by atoms with Crippen molar-refractivity contribution < 1.29 is 28.5 Å². The van der Waals surface area contributed by atoms with Crippen molar-refractivity contribution in [3.8, 4) is 23.0 Å².